The highest BCUT2D eigenvalue weighted by Crippen LogP contribution is 2.17. The monoisotopic (exact) mass is 170 g/mol. The average Bonchev–Trinajstić information content (AvgIpc) is 1.82. The van der Waals surface area contributed by atoms with E-state index in [1.807, 2.05) is 0 Å². The molecule has 0 fully saturated rings. The van der Waals surface area contributed by atoms with Crippen LogP contribution in [0.3, 0.4) is 0 Å². The van der Waals surface area contributed by atoms with Gasteiger partial charge in [0.25, 0.3) is 5.78 Å². The number of rotatable bonds is 2. The summed E-state index contributed by atoms with van der Waals surface area (Å²) in [6, 6.07) is 0. The number of halogens is 3. The highest BCUT2D eigenvalue weighted by atomic mass is 19.4. The highest BCUT2D eigenvalue weighted by molar-refractivity contribution is 6.06. The van der Waals surface area contributed by atoms with Crippen LogP contribution >= 0.6 is 0 Å². The fraction of sp³-hybridized carbons (Fsp3) is 0.600. The smallest absolute Gasteiger partial charge is 0.377 e. The van der Waals surface area contributed by atoms with Crippen molar-refractivity contribution >= 4 is 11.6 Å². The van der Waals surface area contributed by atoms with Crippen LogP contribution in [0, 0.1) is 0 Å². The molecule has 64 valence electrons. The predicted molar refractivity (Wildman–Crippen MR) is 27.7 cm³/mol. The highest BCUT2D eigenvalue weighted by Gasteiger charge is 2.44. The standard InChI is InChI=1S/C5H5F3O3/c1-2(9)3(10)4(11)5(6,7)8/h3,10H,1H3. The first-order chi connectivity index (χ1) is 4.76. The lowest BCUT2D eigenvalue weighted by Crippen LogP contribution is -2.38. The minimum absolute atomic E-state index is 0.703. The molecule has 0 rings (SSSR count). The van der Waals surface area contributed by atoms with Gasteiger partial charge in [-0.3, -0.25) is 9.59 Å². The van der Waals surface area contributed by atoms with E-state index in [1.54, 1.807) is 0 Å². The van der Waals surface area contributed by atoms with E-state index in [4.69, 9.17) is 5.11 Å². The molecule has 0 aromatic carbocycles. The van der Waals surface area contributed by atoms with Gasteiger partial charge in [-0.25, -0.2) is 0 Å². The summed E-state index contributed by atoms with van der Waals surface area (Å²) in [7, 11) is 0. The minimum atomic E-state index is -5.15. The zero-order valence-electron chi connectivity index (χ0n) is 5.47. The fourth-order valence-electron chi connectivity index (χ4n) is 0.340. The Labute approximate surface area is 59.8 Å². The Hall–Kier alpha value is -0.910. The van der Waals surface area contributed by atoms with Gasteiger partial charge in [-0.15, -0.1) is 0 Å². The number of carbonyl (C=O) groups is 2. The molecule has 11 heavy (non-hydrogen) atoms. The molecule has 6 heteroatoms. The van der Waals surface area contributed by atoms with Crippen molar-refractivity contribution in [2.24, 2.45) is 0 Å². The lowest BCUT2D eigenvalue weighted by Gasteiger charge is -2.07. The molecule has 0 aliphatic heterocycles. The second-order valence-corrected chi connectivity index (χ2v) is 1.88. The van der Waals surface area contributed by atoms with E-state index in [-0.39, 0.29) is 0 Å². The van der Waals surface area contributed by atoms with Gasteiger partial charge in [0.15, 0.2) is 11.9 Å². The first-order valence-electron chi connectivity index (χ1n) is 2.56. The predicted octanol–water partition coefficient (Wildman–Crippen LogP) is 0.0677. The van der Waals surface area contributed by atoms with Gasteiger partial charge in [0.2, 0.25) is 0 Å². The maximum atomic E-state index is 11.4. The van der Waals surface area contributed by atoms with Crippen molar-refractivity contribution < 1.29 is 27.9 Å². The number of Topliss-reactive ketones (excluding diaryl/α,β-unsaturated/α-hetero) is 2. The second kappa shape index (κ2) is 3.00. The Balaban J connectivity index is 4.39. The molecular formula is C5H5F3O3. The van der Waals surface area contributed by atoms with Crippen molar-refractivity contribution in [3.63, 3.8) is 0 Å². The Morgan fingerprint density at radius 3 is 1.82 bits per heavy atom. The fourth-order valence-corrected chi connectivity index (χ4v) is 0.340. The second-order valence-electron chi connectivity index (χ2n) is 1.88. The summed E-state index contributed by atoms with van der Waals surface area (Å²) < 4.78 is 34.2. The third kappa shape index (κ3) is 2.67. The molecular weight excluding hydrogens is 165 g/mol. The number of alkyl halides is 3. The van der Waals surface area contributed by atoms with Crippen LogP contribution in [-0.4, -0.2) is 29.0 Å². The number of hydrogen-bond acceptors (Lipinski definition) is 3. The first kappa shape index (κ1) is 10.1. The third-order valence-corrected chi connectivity index (χ3v) is 0.913. The van der Waals surface area contributed by atoms with E-state index in [0.29, 0.717) is 6.92 Å². The van der Waals surface area contributed by atoms with Crippen LogP contribution in [-0.2, 0) is 9.59 Å². The van der Waals surface area contributed by atoms with Crippen molar-refractivity contribution in [3.05, 3.63) is 0 Å². The van der Waals surface area contributed by atoms with Crippen LogP contribution in [0.4, 0.5) is 13.2 Å². The summed E-state index contributed by atoms with van der Waals surface area (Å²) in [6.45, 7) is 0.703. The normalized spacial score (nSPS) is 14.3. The lowest BCUT2D eigenvalue weighted by atomic mass is 10.1. The minimum Gasteiger partial charge on any atom is -0.377 e. The van der Waals surface area contributed by atoms with Crippen molar-refractivity contribution in [2.45, 2.75) is 19.2 Å². The molecule has 0 radical (unpaired) electrons. The molecule has 0 amide bonds. The first-order valence-corrected chi connectivity index (χ1v) is 2.56. The van der Waals surface area contributed by atoms with Crippen molar-refractivity contribution in [1.29, 1.82) is 0 Å². The van der Waals surface area contributed by atoms with E-state index in [1.165, 1.54) is 0 Å². The van der Waals surface area contributed by atoms with Crippen LogP contribution in [0.5, 0.6) is 0 Å². The SMILES string of the molecule is CC(=O)C(O)C(=O)C(F)(F)F. The number of ketones is 2. The van der Waals surface area contributed by atoms with Gasteiger partial charge < -0.3 is 5.11 Å². The summed E-state index contributed by atoms with van der Waals surface area (Å²) >= 11 is 0. The largest absolute Gasteiger partial charge is 0.453 e. The van der Waals surface area contributed by atoms with Gasteiger partial charge in [0.05, 0.1) is 0 Å². The molecule has 0 aromatic rings. The maximum Gasteiger partial charge on any atom is 0.453 e. The summed E-state index contributed by atoms with van der Waals surface area (Å²) in [5.41, 5.74) is 0. The molecule has 0 heterocycles. The Morgan fingerprint density at radius 1 is 1.36 bits per heavy atom. The summed E-state index contributed by atoms with van der Waals surface area (Å²) in [6.07, 6.45) is -7.72. The molecule has 1 N–H and O–H groups in total. The quantitative estimate of drug-likeness (QED) is 0.596. The lowest BCUT2D eigenvalue weighted by molar-refractivity contribution is -0.180. The van der Waals surface area contributed by atoms with Crippen LogP contribution in [0.2, 0.25) is 0 Å². The molecule has 0 spiro atoms. The van der Waals surface area contributed by atoms with Gasteiger partial charge in [-0.05, 0) is 6.92 Å². The summed E-state index contributed by atoms with van der Waals surface area (Å²) in [5, 5.41) is 8.31. The van der Waals surface area contributed by atoms with E-state index >= 15 is 0 Å². The maximum absolute atomic E-state index is 11.4. The summed E-state index contributed by atoms with van der Waals surface area (Å²) in [4.78, 5) is 20.1. The van der Waals surface area contributed by atoms with Crippen LogP contribution in [0.1, 0.15) is 6.92 Å². The van der Waals surface area contributed by atoms with Gasteiger partial charge >= 0.3 is 6.18 Å². The van der Waals surface area contributed by atoms with Crippen molar-refractivity contribution in [1.82, 2.24) is 0 Å². The van der Waals surface area contributed by atoms with E-state index in [2.05, 4.69) is 0 Å². The Morgan fingerprint density at radius 2 is 1.73 bits per heavy atom. The number of hydrogen-bond donors (Lipinski definition) is 1. The van der Waals surface area contributed by atoms with Crippen LogP contribution in [0.15, 0.2) is 0 Å². The zero-order chi connectivity index (χ0) is 9.23. The van der Waals surface area contributed by atoms with Crippen LogP contribution < -0.4 is 0 Å². The van der Waals surface area contributed by atoms with Gasteiger partial charge in [-0.2, -0.15) is 13.2 Å². The molecule has 1 atom stereocenters. The molecule has 0 aromatic heterocycles. The van der Waals surface area contributed by atoms with Gasteiger partial charge in [-0.1, -0.05) is 0 Å². The van der Waals surface area contributed by atoms with E-state index < -0.39 is 23.8 Å². The van der Waals surface area contributed by atoms with Crippen LogP contribution in [0.25, 0.3) is 0 Å². The third-order valence-electron chi connectivity index (χ3n) is 0.913. The van der Waals surface area contributed by atoms with E-state index in [0.717, 1.165) is 0 Å². The average molecular weight is 170 g/mol. The zero-order valence-corrected chi connectivity index (χ0v) is 5.47. The van der Waals surface area contributed by atoms with Crippen molar-refractivity contribution in [2.75, 3.05) is 0 Å². The van der Waals surface area contributed by atoms with Gasteiger partial charge in [0, 0.05) is 0 Å². The number of aliphatic hydroxyl groups is 1. The van der Waals surface area contributed by atoms with Crippen molar-refractivity contribution in [3.8, 4) is 0 Å². The number of carbonyl (C=O) groups excluding carboxylic acids is 2. The molecule has 3 nitrogen and oxygen atoms in total. The molecule has 0 saturated heterocycles. The molecule has 0 bridgehead atoms. The van der Waals surface area contributed by atoms with E-state index in [9.17, 15) is 22.8 Å². The Kier molecular flexibility index (Phi) is 2.75. The van der Waals surface area contributed by atoms with Gasteiger partial charge in [0.1, 0.15) is 0 Å². The Bertz CT molecular complexity index is 184. The molecule has 0 saturated carbocycles. The molecule has 0 aliphatic rings. The topological polar surface area (TPSA) is 54.4 Å². The summed E-state index contributed by atoms with van der Waals surface area (Å²) in [5.74, 6) is -3.64. The molecule has 0 aliphatic carbocycles. The number of aliphatic hydroxyl groups excluding tert-OH is 1. The molecule has 1 unspecified atom stereocenters.